The lowest BCUT2D eigenvalue weighted by Gasteiger charge is -2.26. The van der Waals surface area contributed by atoms with Crippen molar-refractivity contribution < 1.29 is 45.7 Å². The molecule has 0 bridgehead atoms. The molecule has 0 N–H and O–H groups in total. The first-order valence-corrected chi connectivity index (χ1v) is 11.1. The molecule has 0 saturated heterocycles. The predicted molar refractivity (Wildman–Crippen MR) is 122 cm³/mol. The van der Waals surface area contributed by atoms with Crippen molar-refractivity contribution in [2.75, 3.05) is 0 Å². The molecule has 4 rings (SSSR count). The number of halogens is 9. The van der Waals surface area contributed by atoms with Gasteiger partial charge < -0.3 is 4.74 Å². The lowest BCUT2D eigenvalue weighted by atomic mass is 9.79. The van der Waals surface area contributed by atoms with Crippen LogP contribution in [0.5, 0.6) is 5.75 Å². The van der Waals surface area contributed by atoms with Crippen LogP contribution < -0.4 is 4.74 Å². The lowest BCUT2D eigenvalue weighted by molar-refractivity contribution is -0.189. The monoisotopic (exact) mass is 536 g/mol. The van der Waals surface area contributed by atoms with Crippen LogP contribution in [0, 0.1) is 46.6 Å². The van der Waals surface area contributed by atoms with E-state index in [4.69, 9.17) is 0 Å². The summed E-state index contributed by atoms with van der Waals surface area (Å²) in [6, 6.07) is 2.86. The molecule has 1 nitrogen and oxygen atoms in total. The van der Waals surface area contributed by atoms with Crippen LogP contribution in [0.2, 0.25) is 0 Å². The van der Waals surface area contributed by atoms with Crippen LogP contribution in [0.15, 0.2) is 36.4 Å². The standard InChI is InChI=1S/C26H19F9O.CH4.H2/c1-12-2-4-13(5-3-12)14-6-17(27)23(18(28)7-14)15-8-19(29)24(20(30)9-15)26(34,35)36-16-10-21(31)25(33)22(32)11-16;;/h6-13H,2-5H2,1H3;1H4;1H. The minimum Gasteiger partial charge on any atom is -0.429 e. The third-order valence-electron chi connectivity index (χ3n) is 6.38. The second-order valence-electron chi connectivity index (χ2n) is 8.95. The Kier molecular flexibility index (Phi) is 8.19. The van der Waals surface area contributed by atoms with E-state index in [0.717, 1.165) is 37.8 Å². The molecular weight excluding hydrogens is 511 g/mol. The van der Waals surface area contributed by atoms with E-state index < -0.39 is 69.3 Å². The van der Waals surface area contributed by atoms with Gasteiger partial charge in [0, 0.05) is 13.6 Å². The van der Waals surface area contributed by atoms with Crippen LogP contribution in [0.1, 0.15) is 58.5 Å². The van der Waals surface area contributed by atoms with E-state index in [-0.39, 0.29) is 26.9 Å². The maximum absolute atomic E-state index is 14.9. The first-order chi connectivity index (χ1) is 16.9. The highest BCUT2D eigenvalue weighted by atomic mass is 19.3. The van der Waals surface area contributed by atoms with Gasteiger partial charge in [-0.3, -0.25) is 0 Å². The second kappa shape index (κ2) is 10.7. The van der Waals surface area contributed by atoms with Gasteiger partial charge in [0.15, 0.2) is 17.5 Å². The molecule has 37 heavy (non-hydrogen) atoms. The molecule has 3 aromatic carbocycles. The molecule has 3 aromatic rings. The Balaban J connectivity index is 0.00000253. The normalized spacial score (nSPS) is 17.9. The zero-order chi connectivity index (χ0) is 26.4. The van der Waals surface area contributed by atoms with Gasteiger partial charge in [0.25, 0.3) is 0 Å². The van der Waals surface area contributed by atoms with E-state index in [1.165, 1.54) is 0 Å². The smallest absolute Gasteiger partial charge is 0.429 e. The zero-order valence-corrected chi connectivity index (χ0v) is 18.8. The molecule has 0 aliphatic heterocycles. The Bertz CT molecular complexity index is 1230. The quantitative estimate of drug-likeness (QED) is 0.233. The molecule has 1 aliphatic carbocycles. The molecule has 0 amide bonds. The van der Waals surface area contributed by atoms with Gasteiger partial charge in [-0.2, -0.15) is 8.78 Å². The van der Waals surface area contributed by atoms with Gasteiger partial charge in [-0.05, 0) is 60.1 Å². The summed E-state index contributed by atoms with van der Waals surface area (Å²) in [7, 11) is 0. The lowest BCUT2D eigenvalue weighted by Crippen LogP contribution is -2.25. The molecule has 0 heterocycles. The molecular formula is C27H25F9O. The van der Waals surface area contributed by atoms with Crippen molar-refractivity contribution in [3.8, 4) is 16.9 Å². The Labute approximate surface area is 209 Å². The van der Waals surface area contributed by atoms with Gasteiger partial charge in [0.05, 0.1) is 5.56 Å². The summed E-state index contributed by atoms with van der Waals surface area (Å²) in [5.74, 6) is -12.6. The summed E-state index contributed by atoms with van der Waals surface area (Å²) in [4.78, 5) is 0. The van der Waals surface area contributed by atoms with E-state index in [1.807, 2.05) is 0 Å². The van der Waals surface area contributed by atoms with Gasteiger partial charge in [-0.25, -0.2) is 30.7 Å². The van der Waals surface area contributed by atoms with E-state index in [9.17, 15) is 39.5 Å². The summed E-state index contributed by atoms with van der Waals surface area (Å²) in [5, 5.41) is 0. The van der Waals surface area contributed by atoms with Crippen LogP contribution in [0.3, 0.4) is 0 Å². The van der Waals surface area contributed by atoms with Gasteiger partial charge >= 0.3 is 6.11 Å². The summed E-state index contributed by atoms with van der Waals surface area (Å²) in [6.45, 7) is 2.08. The number of alkyl halides is 2. The number of hydrogen-bond donors (Lipinski definition) is 0. The molecule has 1 aliphatic rings. The molecule has 10 heteroatoms. The third-order valence-corrected chi connectivity index (χ3v) is 6.38. The Morgan fingerprint density at radius 2 is 1.19 bits per heavy atom. The Morgan fingerprint density at radius 1 is 0.703 bits per heavy atom. The zero-order valence-electron chi connectivity index (χ0n) is 18.8. The molecule has 0 radical (unpaired) electrons. The van der Waals surface area contributed by atoms with Crippen LogP contribution in [-0.4, -0.2) is 0 Å². The number of hydrogen-bond acceptors (Lipinski definition) is 1. The van der Waals surface area contributed by atoms with Crippen LogP contribution >= 0.6 is 0 Å². The fourth-order valence-electron chi connectivity index (χ4n) is 4.48. The van der Waals surface area contributed by atoms with Crippen molar-refractivity contribution in [3.63, 3.8) is 0 Å². The van der Waals surface area contributed by atoms with Crippen molar-refractivity contribution in [2.45, 2.75) is 52.1 Å². The van der Waals surface area contributed by atoms with Crippen molar-refractivity contribution in [1.29, 1.82) is 0 Å². The van der Waals surface area contributed by atoms with Crippen molar-refractivity contribution >= 4 is 0 Å². The highest BCUT2D eigenvalue weighted by Crippen LogP contribution is 2.40. The number of benzene rings is 3. The van der Waals surface area contributed by atoms with Gasteiger partial charge in [-0.1, -0.05) is 27.2 Å². The predicted octanol–water partition coefficient (Wildman–Crippen LogP) is 9.63. The minimum absolute atomic E-state index is 0. The third kappa shape index (κ3) is 5.72. The highest BCUT2D eigenvalue weighted by molar-refractivity contribution is 5.66. The van der Waals surface area contributed by atoms with Crippen molar-refractivity contribution in [1.82, 2.24) is 0 Å². The van der Waals surface area contributed by atoms with Gasteiger partial charge in [-0.15, -0.1) is 0 Å². The summed E-state index contributed by atoms with van der Waals surface area (Å²) >= 11 is 0. The number of ether oxygens (including phenoxy) is 1. The molecule has 0 aromatic heterocycles. The first kappa shape index (κ1) is 28.4. The molecule has 0 unspecified atom stereocenters. The Hall–Kier alpha value is -3.17. The second-order valence-corrected chi connectivity index (χ2v) is 8.95. The maximum atomic E-state index is 14.9. The van der Waals surface area contributed by atoms with Crippen LogP contribution in [0.25, 0.3) is 11.1 Å². The van der Waals surface area contributed by atoms with Crippen molar-refractivity contribution in [2.24, 2.45) is 5.92 Å². The van der Waals surface area contributed by atoms with Gasteiger partial charge in [0.1, 0.15) is 34.6 Å². The summed E-state index contributed by atoms with van der Waals surface area (Å²) in [5.41, 5.74) is -3.05. The molecule has 1 fully saturated rings. The topological polar surface area (TPSA) is 9.23 Å². The minimum atomic E-state index is -4.82. The average molecular weight is 536 g/mol. The summed E-state index contributed by atoms with van der Waals surface area (Å²) in [6.07, 6.45) is -1.58. The van der Waals surface area contributed by atoms with E-state index >= 15 is 0 Å². The van der Waals surface area contributed by atoms with E-state index in [0.29, 0.717) is 23.6 Å². The van der Waals surface area contributed by atoms with E-state index in [1.54, 1.807) is 0 Å². The molecule has 1 saturated carbocycles. The largest absolute Gasteiger partial charge is 0.432 e. The molecule has 0 spiro atoms. The maximum Gasteiger partial charge on any atom is 0.432 e. The van der Waals surface area contributed by atoms with Crippen LogP contribution in [-0.2, 0) is 6.11 Å². The van der Waals surface area contributed by atoms with Crippen LogP contribution in [0.4, 0.5) is 39.5 Å². The first-order valence-electron chi connectivity index (χ1n) is 11.1. The number of rotatable bonds is 5. The molecule has 0 atom stereocenters. The highest BCUT2D eigenvalue weighted by Gasteiger charge is 2.42. The summed E-state index contributed by atoms with van der Waals surface area (Å²) < 4.78 is 132. The SMILES string of the molecule is C.CC1CCC(c2cc(F)c(-c3cc(F)c(C(F)(F)Oc4cc(F)c(F)c(F)c4)c(F)c3)c(F)c2)CC1.[HH]. The van der Waals surface area contributed by atoms with Crippen molar-refractivity contribution in [3.05, 3.63) is 88.2 Å². The Morgan fingerprint density at radius 3 is 1.68 bits per heavy atom. The van der Waals surface area contributed by atoms with E-state index in [2.05, 4.69) is 11.7 Å². The average Bonchev–Trinajstić information content (AvgIpc) is 2.76. The fraction of sp³-hybridized carbons (Fsp3) is 0.333. The fourth-order valence-corrected chi connectivity index (χ4v) is 4.48. The van der Waals surface area contributed by atoms with Gasteiger partial charge in [0.2, 0.25) is 0 Å². The molecule has 202 valence electrons.